The molecule has 0 aliphatic heterocycles. The molecule has 0 bridgehead atoms. The quantitative estimate of drug-likeness (QED) is 0.577. The monoisotopic (exact) mass is 155 g/mol. The fourth-order valence-corrected chi connectivity index (χ4v) is 0.743. The molecule has 0 amide bonds. The number of nitrogens with one attached hydrogen (secondary N) is 2. The van der Waals surface area contributed by atoms with Crippen molar-refractivity contribution in [3.8, 4) is 0 Å². The molecule has 1 heterocycles. The summed E-state index contributed by atoms with van der Waals surface area (Å²) < 4.78 is 0. The van der Waals surface area contributed by atoms with Crippen LogP contribution in [0.4, 0.5) is 5.82 Å². The number of hydrogen-bond donors (Lipinski definition) is 3. The molecule has 0 aliphatic carbocycles. The Hall–Kier alpha value is -1.52. The number of aromatic amines is 1. The molecule has 0 saturated carbocycles. The Labute approximate surface area is 63.4 Å². The molecule has 0 atom stereocenters. The zero-order valence-corrected chi connectivity index (χ0v) is 6.09. The summed E-state index contributed by atoms with van der Waals surface area (Å²) in [5, 5.41) is 17.5. The molecule has 0 aromatic carbocycles. The minimum absolute atomic E-state index is 0.0192. The SMILES string of the molecule is CNc1cc(CC(=O)O)[nH]n1. The van der Waals surface area contributed by atoms with Crippen molar-refractivity contribution in [2.75, 3.05) is 12.4 Å². The zero-order valence-electron chi connectivity index (χ0n) is 6.09. The Balaban J connectivity index is 2.65. The van der Waals surface area contributed by atoms with Crippen LogP contribution in [0.3, 0.4) is 0 Å². The molecular weight excluding hydrogens is 146 g/mol. The molecule has 1 aromatic heterocycles. The smallest absolute Gasteiger partial charge is 0.309 e. The molecular formula is C6H9N3O2. The van der Waals surface area contributed by atoms with E-state index < -0.39 is 5.97 Å². The van der Waals surface area contributed by atoms with E-state index >= 15 is 0 Å². The van der Waals surface area contributed by atoms with Crippen LogP contribution in [0.2, 0.25) is 0 Å². The minimum Gasteiger partial charge on any atom is -0.481 e. The van der Waals surface area contributed by atoms with Gasteiger partial charge in [0.2, 0.25) is 0 Å². The number of hydrogen-bond acceptors (Lipinski definition) is 3. The van der Waals surface area contributed by atoms with Gasteiger partial charge in [-0.15, -0.1) is 0 Å². The summed E-state index contributed by atoms with van der Waals surface area (Å²) in [4.78, 5) is 10.2. The van der Waals surface area contributed by atoms with Gasteiger partial charge in [-0.1, -0.05) is 0 Å². The molecule has 0 spiro atoms. The molecule has 0 saturated heterocycles. The van der Waals surface area contributed by atoms with Crippen molar-refractivity contribution >= 4 is 11.8 Å². The molecule has 11 heavy (non-hydrogen) atoms. The lowest BCUT2D eigenvalue weighted by molar-refractivity contribution is -0.136. The van der Waals surface area contributed by atoms with E-state index in [0.717, 1.165) is 0 Å². The second kappa shape index (κ2) is 3.05. The highest BCUT2D eigenvalue weighted by atomic mass is 16.4. The Morgan fingerprint density at radius 1 is 1.91 bits per heavy atom. The predicted molar refractivity (Wildman–Crippen MR) is 39.5 cm³/mol. The normalized spacial score (nSPS) is 9.55. The van der Waals surface area contributed by atoms with E-state index in [9.17, 15) is 4.79 Å². The van der Waals surface area contributed by atoms with Gasteiger partial charge in [-0.25, -0.2) is 0 Å². The van der Waals surface area contributed by atoms with Crippen LogP contribution in [-0.2, 0) is 11.2 Å². The summed E-state index contributed by atoms with van der Waals surface area (Å²) in [6, 6.07) is 1.66. The first-order chi connectivity index (χ1) is 5.22. The van der Waals surface area contributed by atoms with Crippen LogP contribution in [0.15, 0.2) is 6.07 Å². The van der Waals surface area contributed by atoms with Crippen LogP contribution in [-0.4, -0.2) is 28.3 Å². The first-order valence-electron chi connectivity index (χ1n) is 3.16. The molecule has 0 radical (unpaired) electrons. The van der Waals surface area contributed by atoms with E-state index in [1.54, 1.807) is 13.1 Å². The van der Waals surface area contributed by atoms with Crippen molar-refractivity contribution in [1.82, 2.24) is 10.2 Å². The number of anilines is 1. The van der Waals surface area contributed by atoms with Crippen LogP contribution in [0, 0.1) is 0 Å². The Kier molecular flexibility index (Phi) is 2.10. The molecule has 1 rings (SSSR count). The molecule has 5 heteroatoms. The Morgan fingerprint density at radius 3 is 3.09 bits per heavy atom. The maximum atomic E-state index is 10.2. The second-order valence-electron chi connectivity index (χ2n) is 2.10. The number of carboxylic acids is 1. The molecule has 60 valence electrons. The van der Waals surface area contributed by atoms with Gasteiger partial charge in [-0.3, -0.25) is 9.89 Å². The maximum absolute atomic E-state index is 10.2. The molecule has 1 aromatic rings. The van der Waals surface area contributed by atoms with E-state index in [2.05, 4.69) is 15.5 Å². The van der Waals surface area contributed by atoms with Gasteiger partial charge in [0.15, 0.2) is 0 Å². The lowest BCUT2D eigenvalue weighted by atomic mass is 10.3. The summed E-state index contributed by atoms with van der Waals surface area (Å²) in [7, 11) is 1.72. The van der Waals surface area contributed by atoms with Crippen molar-refractivity contribution in [3.05, 3.63) is 11.8 Å². The average Bonchev–Trinajstić information content (AvgIpc) is 2.34. The zero-order chi connectivity index (χ0) is 8.27. The van der Waals surface area contributed by atoms with Gasteiger partial charge in [-0.05, 0) is 0 Å². The first kappa shape index (κ1) is 7.59. The number of nitrogens with zero attached hydrogens (tertiary/aromatic N) is 1. The van der Waals surface area contributed by atoms with Gasteiger partial charge in [0.25, 0.3) is 0 Å². The molecule has 3 N–H and O–H groups in total. The fraction of sp³-hybridized carbons (Fsp3) is 0.333. The van der Waals surface area contributed by atoms with Crippen molar-refractivity contribution in [2.45, 2.75) is 6.42 Å². The Bertz CT molecular complexity index is 256. The third kappa shape index (κ3) is 1.96. The van der Waals surface area contributed by atoms with Crippen LogP contribution in [0.5, 0.6) is 0 Å². The molecule has 0 aliphatic rings. The van der Waals surface area contributed by atoms with Gasteiger partial charge in [0.05, 0.1) is 6.42 Å². The maximum Gasteiger partial charge on any atom is 0.309 e. The molecule has 0 fully saturated rings. The Morgan fingerprint density at radius 2 is 2.64 bits per heavy atom. The topological polar surface area (TPSA) is 78.0 Å². The van der Waals surface area contributed by atoms with Crippen LogP contribution in [0.1, 0.15) is 5.69 Å². The highest BCUT2D eigenvalue weighted by molar-refractivity contribution is 5.69. The van der Waals surface area contributed by atoms with Gasteiger partial charge in [0, 0.05) is 18.8 Å². The van der Waals surface area contributed by atoms with E-state index in [1.165, 1.54) is 0 Å². The van der Waals surface area contributed by atoms with Crippen molar-refractivity contribution in [1.29, 1.82) is 0 Å². The lowest BCUT2D eigenvalue weighted by Crippen LogP contribution is -1.99. The predicted octanol–water partition coefficient (Wildman–Crippen LogP) is 0.0785. The van der Waals surface area contributed by atoms with Crippen molar-refractivity contribution in [2.24, 2.45) is 0 Å². The van der Waals surface area contributed by atoms with Gasteiger partial charge >= 0.3 is 5.97 Å². The largest absolute Gasteiger partial charge is 0.481 e. The third-order valence-electron chi connectivity index (χ3n) is 1.23. The summed E-state index contributed by atoms with van der Waals surface area (Å²) in [6.45, 7) is 0. The number of H-pyrrole nitrogens is 1. The minimum atomic E-state index is -0.865. The summed E-state index contributed by atoms with van der Waals surface area (Å²) >= 11 is 0. The van der Waals surface area contributed by atoms with Crippen molar-refractivity contribution < 1.29 is 9.90 Å². The standard InChI is InChI=1S/C6H9N3O2/c1-7-5-2-4(8-9-5)3-6(10)11/h2H,3H2,1H3,(H,10,11)(H2,7,8,9). The summed E-state index contributed by atoms with van der Waals surface area (Å²) in [5.74, 6) is -0.211. The highest BCUT2D eigenvalue weighted by Gasteiger charge is 2.02. The van der Waals surface area contributed by atoms with E-state index in [0.29, 0.717) is 11.5 Å². The number of aliphatic carboxylic acids is 1. The summed E-state index contributed by atoms with van der Waals surface area (Å²) in [6.07, 6.45) is -0.0192. The van der Waals surface area contributed by atoms with E-state index in [4.69, 9.17) is 5.11 Å². The molecule has 0 unspecified atom stereocenters. The first-order valence-corrected chi connectivity index (χ1v) is 3.16. The number of rotatable bonds is 3. The van der Waals surface area contributed by atoms with Crippen LogP contribution >= 0.6 is 0 Å². The number of aromatic nitrogens is 2. The second-order valence-corrected chi connectivity index (χ2v) is 2.10. The fourth-order valence-electron chi connectivity index (χ4n) is 0.743. The lowest BCUT2D eigenvalue weighted by Gasteiger charge is -1.87. The number of carbonyl (C=O) groups is 1. The molecule has 5 nitrogen and oxygen atoms in total. The van der Waals surface area contributed by atoms with E-state index in [-0.39, 0.29) is 6.42 Å². The van der Waals surface area contributed by atoms with Gasteiger partial charge < -0.3 is 10.4 Å². The summed E-state index contributed by atoms with van der Waals surface area (Å²) in [5.41, 5.74) is 0.599. The third-order valence-corrected chi connectivity index (χ3v) is 1.23. The van der Waals surface area contributed by atoms with Crippen LogP contribution < -0.4 is 5.32 Å². The van der Waals surface area contributed by atoms with Gasteiger partial charge in [-0.2, -0.15) is 5.10 Å². The number of carboxylic acid groups (broad SMARTS) is 1. The van der Waals surface area contributed by atoms with Crippen molar-refractivity contribution in [3.63, 3.8) is 0 Å². The average molecular weight is 155 g/mol. The highest BCUT2D eigenvalue weighted by Crippen LogP contribution is 2.03. The van der Waals surface area contributed by atoms with Gasteiger partial charge in [0.1, 0.15) is 5.82 Å². The van der Waals surface area contributed by atoms with E-state index in [1.807, 2.05) is 0 Å². The van der Waals surface area contributed by atoms with Crippen LogP contribution in [0.25, 0.3) is 0 Å².